The fraction of sp³-hybridized carbons (Fsp3) is 0.783. The largest absolute Gasteiger partial charge is 0.410 e. The molecule has 2 saturated carbocycles. The van der Waals surface area contributed by atoms with Gasteiger partial charge in [0.05, 0.1) is 16.1 Å². The lowest BCUT2D eigenvalue weighted by Gasteiger charge is -2.35. The van der Waals surface area contributed by atoms with Crippen molar-refractivity contribution >= 4 is 31.5 Å². The van der Waals surface area contributed by atoms with Gasteiger partial charge in [0.2, 0.25) is 0 Å². The van der Waals surface area contributed by atoms with Crippen LogP contribution in [-0.2, 0) is 4.43 Å². The van der Waals surface area contributed by atoms with Crippen molar-refractivity contribution < 1.29 is 4.43 Å². The van der Waals surface area contributed by atoms with Gasteiger partial charge < -0.3 is 4.43 Å². The zero-order valence-corrected chi connectivity index (χ0v) is 20.6. The zero-order valence-electron chi connectivity index (χ0n) is 18.1. The van der Waals surface area contributed by atoms with Crippen LogP contribution in [-0.4, -0.2) is 13.3 Å². The van der Waals surface area contributed by atoms with Crippen molar-refractivity contribution in [1.29, 1.82) is 0 Å². The smallest absolute Gasteiger partial charge is 0.192 e. The van der Waals surface area contributed by atoms with Gasteiger partial charge in [0.15, 0.2) is 8.32 Å². The first-order chi connectivity index (χ1) is 13.3. The van der Waals surface area contributed by atoms with Crippen LogP contribution < -0.4 is 0 Å². The predicted molar refractivity (Wildman–Crippen MR) is 123 cm³/mol. The second-order valence-electron chi connectivity index (χ2n) is 9.75. The maximum absolute atomic E-state index is 6.94. The Hall–Kier alpha value is -0.0931. The molecule has 3 rings (SSSR count). The van der Waals surface area contributed by atoms with Crippen LogP contribution in [0.15, 0.2) is 12.4 Å². The Kier molecular flexibility index (Phi) is 7.22. The molecule has 1 aromatic heterocycles. The van der Waals surface area contributed by atoms with Crippen molar-refractivity contribution in [3.8, 4) is 0 Å². The van der Waals surface area contributed by atoms with Crippen LogP contribution in [0.2, 0.25) is 28.2 Å². The predicted octanol–water partition coefficient (Wildman–Crippen LogP) is 8.59. The topological polar surface area (TPSA) is 22.1 Å². The van der Waals surface area contributed by atoms with Gasteiger partial charge in [-0.2, -0.15) is 0 Å². The molecule has 2 fully saturated rings. The molecule has 1 unspecified atom stereocenters. The van der Waals surface area contributed by atoms with Gasteiger partial charge in [0.25, 0.3) is 0 Å². The standard InChI is InChI=1S/C23H37Cl2NOSi/c1-5-28(6-2,7-3)27-20(21-18(24)15-26-16-19(21)25)9-8-10-23-13-11-22(4,17-23)12-14-23/h15-16,20H,5-14,17H2,1-4H3. The molecule has 5 heteroatoms. The van der Waals surface area contributed by atoms with Crippen LogP contribution in [0.1, 0.15) is 90.7 Å². The molecule has 1 atom stereocenters. The second-order valence-corrected chi connectivity index (χ2v) is 15.3. The molecule has 158 valence electrons. The highest BCUT2D eigenvalue weighted by atomic mass is 35.5. The summed E-state index contributed by atoms with van der Waals surface area (Å²) in [7, 11) is -1.76. The van der Waals surface area contributed by atoms with E-state index in [4.69, 9.17) is 27.6 Å². The quantitative estimate of drug-likeness (QED) is 0.338. The average molecular weight is 443 g/mol. The molecule has 0 aromatic carbocycles. The van der Waals surface area contributed by atoms with E-state index in [2.05, 4.69) is 32.7 Å². The highest BCUT2D eigenvalue weighted by molar-refractivity contribution is 6.73. The monoisotopic (exact) mass is 441 g/mol. The van der Waals surface area contributed by atoms with Crippen molar-refractivity contribution in [1.82, 2.24) is 4.98 Å². The van der Waals surface area contributed by atoms with Gasteiger partial charge in [-0.25, -0.2) is 0 Å². The van der Waals surface area contributed by atoms with Crippen LogP contribution in [0.5, 0.6) is 0 Å². The number of aromatic nitrogens is 1. The summed E-state index contributed by atoms with van der Waals surface area (Å²) >= 11 is 13.1. The third-order valence-corrected chi connectivity index (χ3v) is 13.3. The molecule has 1 heterocycles. The minimum Gasteiger partial charge on any atom is -0.410 e. The average Bonchev–Trinajstić information content (AvgIpc) is 3.19. The Balaban J connectivity index is 1.75. The molecule has 0 aliphatic heterocycles. The van der Waals surface area contributed by atoms with Crippen LogP contribution in [0, 0.1) is 10.8 Å². The van der Waals surface area contributed by atoms with Crippen molar-refractivity contribution in [2.45, 2.75) is 103 Å². The molecule has 0 radical (unpaired) electrons. The second kappa shape index (κ2) is 8.96. The molecular weight excluding hydrogens is 405 g/mol. The van der Waals surface area contributed by atoms with E-state index in [1.807, 2.05) is 0 Å². The first-order valence-electron chi connectivity index (χ1n) is 11.3. The van der Waals surface area contributed by atoms with Gasteiger partial charge in [-0.05, 0) is 73.9 Å². The summed E-state index contributed by atoms with van der Waals surface area (Å²) in [6.07, 6.45) is 14.1. The Labute approximate surface area is 182 Å². The number of hydrogen-bond acceptors (Lipinski definition) is 2. The summed E-state index contributed by atoms with van der Waals surface area (Å²) in [5.74, 6) is 0. The van der Waals surface area contributed by atoms with E-state index >= 15 is 0 Å². The van der Waals surface area contributed by atoms with Gasteiger partial charge in [-0.3, -0.25) is 4.98 Å². The van der Waals surface area contributed by atoms with Gasteiger partial charge in [-0.1, -0.05) is 57.3 Å². The lowest BCUT2D eigenvalue weighted by Crippen LogP contribution is -2.37. The molecule has 2 nitrogen and oxygen atoms in total. The van der Waals surface area contributed by atoms with Crippen LogP contribution in [0.25, 0.3) is 0 Å². The third kappa shape index (κ3) is 4.63. The van der Waals surface area contributed by atoms with Gasteiger partial charge in [0, 0.05) is 18.0 Å². The normalized spacial score (nSPS) is 28.1. The van der Waals surface area contributed by atoms with E-state index in [1.54, 1.807) is 12.4 Å². The van der Waals surface area contributed by atoms with E-state index in [0.29, 0.717) is 20.9 Å². The van der Waals surface area contributed by atoms with E-state index < -0.39 is 8.32 Å². The fourth-order valence-electron chi connectivity index (χ4n) is 5.94. The highest BCUT2D eigenvalue weighted by Gasteiger charge is 2.50. The number of halogens is 2. The molecule has 2 aliphatic rings. The Morgan fingerprint density at radius 3 is 2.07 bits per heavy atom. The first kappa shape index (κ1) is 22.6. The Bertz CT molecular complexity index is 640. The number of hydrogen-bond donors (Lipinski definition) is 0. The number of rotatable bonds is 10. The summed E-state index contributed by atoms with van der Waals surface area (Å²) in [5.41, 5.74) is 2.19. The van der Waals surface area contributed by atoms with Gasteiger partial charge in [-0.15, -0.1) is 0 Å². The van der Waals surface area contributed by atoms with Crippen molar-refractivity contribution in [3.05, 3.63) is 28.0 Å². The van der Waals surface area contributed by atoms with E-state index in [0.717, 1.165) is 30.1 Å². The number of fused-ring (bicyclic) bond motifs is 2. The van der Waals surface area contributed by atoms with E-state index in [1.165, 1.54) is 44.9 Å². The summed E-state index contributed by atoms with van der Waals surface area (Å²) < 4.78 is 6.94. The summed E-state index contributed by atoms with van der Waals surface area (Å²) in [6, 6.07) is 3.41. The lowest BCUT2D eigenvalue weighted by molar-refractivity contribution is 0.163. The molecule has 1 aromatic rings. The number of nitrogens with zero attached hydrogens (tertiary/aromatic N) is 1. The fourth-order valence-corrected chi connectivity index (χ4v) is 9.38. The van der Waals surface area contributed by atoms with Crippen molar-refractivity contribution in [2.24, 2.45) is 10.8 Å². The van der Waals surface area contributed by atoms with Gasteiger partial charge in [0.1, 0.15) is 0 Å². The van der Waals surface area contributed by atoms with Crippen LogP contribution >= 0.6 is 23.2 Å². The third-order valence-electron chi connectivity index (χ3n) is 8.03. The molecule has 2 aliphatic carbocycles. The molecule has 0 saturated heterocycles. The molecule has 0 N–H and O–H groups in total. The molecule has 2 bridgehead atoms. The van der Waals surface area contributed by atoms with Crippen molar-refractivity contribution in [3.63, 3.8) is 0 Å². The molecular formula is C23H37Cl2NOSi. The maximum atomic E-state index is 6.94. The first-order valence-corrected chi connectivity index (χ1v) is 14.6. The summed E-state index contributed by atoms with van der Waals surface area (Å²) in [5, 5.41) is 1.30. The Morgan fingerprint density at radius 2 is 1.61 bits per heavy atom. The highest BCUT2D eigenvalue weighted by Crippen LogP contribution is 2.63. The summed E-state index contributed by atoms with van der Waals surface area (Å²) in [4.78, 5) is 4.16. The van der Waals surface area contributed by atoms with Crippen LogP contribution in [0.3, 0.4) is 0 Å². The molecule has 0 spiro atoms. The number of pyridine rings is 1. The Morgan fingerprint density at radius 1 is 1.04 bits per heavy atom. The van der Waals surface area contributed by atoms with Crippen LogP contribution in [0.4, 0.5) is 0 Å². The summed E-state index contributed by atoms with van der Waals surface area (Å²) in [6.45, 7) is 9.34. The zero-order chi connectivity index (χ0) is 20.4. The molecule has 28 heavy (non-hydrogen) atoms. The van der Waals surface area contributed by atoms with Crippen molar-refractivity contribution in [2.75, 3.05) is 0 Å². The minimum absolute atomic E-state index is 0.0000986. The minimum atomic E-state index is -1.76. The molecule has 0 amide bonds. The van der Waals surface area contributed by atoms with E-state index in [-0.39, 0.29) is 6.10 Å². The van der Waals surface area contributed by atoms with Gasteiger partial charge >= 0.3 is 0 Å². The maximum Gasteiger partial charge on any atom is 0.192 e. The van der Waals surface area contributed by atoms with E-state index in [9.17, 15) is 0 Å². The lowest BCUT2D eigenvalue weighted by atomic mass is 9.79. The SMILES string of the molecule is CC[Si](CC)(CC)OC(CCCC12CCC(C)(CC1)C2)c1c(Cl)cncc1Cl.